The van der Waals surface area contributed by atoms with Gasteiger partial charge in [-0.2, -0.15) is 5.10 Å². The van der Waals surface area contributed by atoms with Crippen LogP contribution in [0.2, 0.25) is 30.8 Å². The molecule has 2 N–H and O–H groups in total. The molecule has 3 heterocycles. The Labute approximate surface area is 191 Å². The third-order valence-corrected chi connectivity index (χ3v) is 6.44. The van der Waals surface area contributed by atoms with E-state index in [1.54, 1.807) is 17.1 Å². The van der Waals surface area contributed by atoms with Crippen molar-refractivity contribution in [1.82, 2.24) is 25.1 Å². The van der Waals surface area contributed by atoms with E-state index in [0.717, 1.165) is 11.4 Å². The minimum absolute atomic E-state index is 0.0207. The van der Waals surface area contributed by atoms with E-state index in [4.69, 9.17) is 25.2 Å². The van der Waals surface area contributed by atoms with Crippen LogP contribution in [0.4, 0.5) is 11.5 Å². The second kappa shape index (κ2) is 9.63. The van der Waals surface area contributed by atoms with Crippen molar-refractivity contribution >= 4 is 48.0 Å². The number of ether oxygens (including phenoxy) is 2. The second-order valence-corrected chi connectivity index (χ2v) is 14.1. The molecule has 0 saturated heterocycles. The minimum Gasteiger partial charge on any atom is -0.491 e. The highest BCUT2D eigenvalue weighted by atomic mass is 35.5. The predicted octanol–water partition coefficient (Wildman–Crippen LogP) is 3.90. The fourth-order valence-corrected chi connectivity index (χ4v) is 3.78. The zero-order chi connectivity index (χ0) is 25.1. The normalized spacial score (nSPS) is 13.4. The van der Waals surface area contributed by atoms with Gasteiger partial charge in [0.15, 0.2) is 11.6 Å². The first-order valence-electron chi connectivity index (χ1n) is 11.1. The number of hydrogen-bond donors (Lipinski definition) is 2. The summed E-state index contributed by atoms with van der Waals surface area (Å²) in [5.74, 6) is -0.185. The molecule has 3 aromatic rings. The fraction of sp³-hybridized carbons (Fsp3) is 0.400. The Hall–Kier alpha value is -2.69. The number of nitrogens with zero attached hydrogens (tertiary/aromatic N) is 4. The number of hydrogen-bond acceptors (Lipinski definition) is 7. The van der Waals surface area contributed by atoms with Gasteiger partial charge in [0.05, 0.1) is 24.6 Å². The lowest BCUT2D eigenvalue weighted by Crippen LogP contribution is -2.22. The van der Waals surface area contributed by atoms with E-state index in [1.807, 2.05) is 5.32 Å². The van der Waals surface area contributed by atoms with Crippen molar-refractivity contribution in [3.8, 4) is 5.75 Å². The highest BCUT2D eigenvalue weighted by Crippen LogP contribution is 2.34. The van der Waals surface area contributed by atoms with E-state index in [-0.39, 0.29) is 29.0 Å². The Balaban J connectivity index is 1.92. The van der Waals surface area contributed by atoms with Crippen LogP contribution in [-0.2, 0) is 11.5 Å². The van der Waals surface area contributed by atoms with Crippen molar-refractivity contribution in [2.75, 3.05) is 26.0 Å². The number of halogens is 1. The summed E-state index contributed by atoms with van der Waals surface area (Å²) in [4.78, 5) is 20.8. The molecule has 0 aliphatic carbocycles. The van der Waals surface area contributed by atoms with E-state index in [1.165, 1.54) is 19.4 Å². The molecular formula is C20H27ClN6O3Si. The maximum Gasteiger partial charge on any atom is 0.254 e. The predicted molar refractivity (Wildman–Crippen MR) is 124 cm³/mol. The van der Waals surface area contributed by atoms with Gasteiger partial charge in [0.2, 0.25) is 0 Å². The number of methoxy groups -OCH3 is 1. The molecule has 1 amide bonds. The second-order valence-electron chi connectivity index (χ2n) is 8.07. The first-order valence-corrected chi connectivity index (χ1v) is 13.7. The van der Waals surface area contributed by atoms with Crippen LogP contribution in [0.15, 0.2) is 24.7 Å². The van der Waals surface area contributed by atoms with Gasteiger partial charge in [-0.1, -0.05) is 31.2 Å². The smallest absolute Gasteiger partial charge is 0.254 e. The Morgan fingerprint density at radius 1 is 1.29 bits per heavy atom. The molecule has 3 rings (SSSR count). The largest absolute Gasteiger partial charge is 0.491 e. The van der Waals surface area contributed by atoms with Crippen LogP contribution in [0.3, 0.4) is 0 Å². The Bertz CT molecular complexity index is 1180. The number of amides is 1. The summed E-state index contributed by atoms with van der Waals surface area (Å²) in [5, 5.41) is 10.2. The van der Waals surface area contributed by atoms with E-state index in [2.05, 4.69) is 40.0 Å². The lowest BCUT2D eigenvalue weighted by molar-refractivity contribution is 0.0814. The molecule has 0 unspecified atom stereocenters. The molecule has 9 nitrogen and oxygen atoms in total. The molecule has 0 fully saturated rings. The molecule has 3 aromatic heterocycles. The topological polar surface area (TPSA) is 103 Å². The molecule has 166 valence electrons. The highest BCUT2D eigenvalue weighted by molar-refractivity contribution is 6.76. The summed E-state index contributed by atoms with van der Waals surface area (Å²) in [6.07, 6.45) is 4.46. The lowest BCUT2D eigenvalue weighted by atomic mass is 10.2. The van der Waals surface area contributed by atoms with Crippen LogP contribution in [0.5, 0.6) is 5.75 Å². The average Bonchev–Trinajstić information content (AvgIpc) is 3.12. The summed E-state index contributed by atoms with van der Waals surface area (Å²) in [5.41, 5.74) is 0.846. The van der Waals surface area contributed by atoms with Gasteiger partial charge in [0.25, 0.3) is 5.91 Å². The Kier molecular flexibility index (Phi) is 5.91. The van der Waals surface area contributed by atoms with Crippen molar-refractivity contribution in [2.45, 2.75) is 32.4 Å². The number of rotatable bonds is 9. The van der Waals surface area contributed by atoms with Gasteiger partial charge >= 0.3 is 0 Å². The first kappa shape index (κ1) is 19.0. The van der Waals surface area contributed by atoms with E-state index in [9.17, 15) is 4.79 Å². The number of nitrogens with one attached hydrogen (secondary N) is 2. The third kappa shape index (κ3) is 5.52. The molecular weight excluding hydrogens is 436 g/mol. The molecule has 0 aliphatic heterocycles. The van der Waals surface area contributed by atoms with Gasteiger partial charge in [0.1, 0.15) is 17.4 Å². The van der Waals surface area contributed by atoms with Crippen molar-refractivity contribution in [1.29, 1.82) is 0 Å². The molecule has 0 radical (unpaired) electrons. The van der Waals surface area contributed by atoms with Gasteiger partial charge in [-0.05, 0) is 12.1 Å². The molecule has 11 heteroatoms. The maximum absolute atomic E-state index is 12.5. The van der Waals surface area contributed by atoms with Crippen LogP contribution in [0.25, 0.3) is 10.9 Å². The SMILES string of the molecule is [2H]C([2H])([2H])NC(=O)c1cnc(Cl)cc1Nc1ncc2cnn(COCC[Si](C)(C)C)c2c1OC. The zero-order valence-corrected chi connectivity index (χ0v) is 19.6. The third-order valence-electron chi connectivity index (χ3n) is 4.53. The zero-order valence-electron chi connectivity index (χ0n) is 20.8. The summed E-state index contributed by atoms with van der Waals surface area (Å²) in [6.45, 7) is 5.05. The van der Waals surface area contributed by atoms with E-state index < -0.39 is 21.0 Å². The van der Waals surface area contributed by atoms with Gasteiger partial charge in [0, 0.05) is 43.5 Å². The minimum atomic E-state index is -2.66. The monoisotopic (exact) mass is 465 g/mol. The molecule has 0 bridgehead atoms. The van der Waals surface area contributed by atoms with Crippen LogP contribution in [0, 0.1) is 0 Å². The van der Waals surface area contributed by atoms with Crippen LogP contribution < -0.4 is 15.4 Å². The van der Waals surface area contributed by atoms with Crippen molar-refractivity contribution in [2.24, 2.45) is 0 Å². The van der Waals surface area contributed by atoms with E-state index in [0.29, 0.717) is 17.9 Å². The molecule has 0 spiro atoms. The van der Waals surface area contributed by atoms with Gasteiger partial charge in [-0.15, -0.1) is 0 Å². The van der Waals surface area contributed by atoms with Crippen LogP contribution >= 0.6 is 11.6 Å². The van der Waals surface area contributed by atoms with Gasteiger partial charge in [-0.3, -0.25) is 4.79 Å². The Morgan fingerprint density at radius 3 is 2.81 bits per heavy atom. The van der Waals surface area contributed by atoms with Gasteiger partial charge in [-0.25, -0.2) is 14.6 Å². The van der Waals surface area contributed by atoms with Crippen molar-refractivity contribution in [3.05, 3.63) is 35.4 Å². The standard InChI is InChI=1S/C20H27ClN6O3Si/c1-22-20(28)14-11-23-16(21)8-15(14)26-19-18(29-2)17-13(9-24-19)10-25-27(17)12-30-6-7-31(3,4)5/h8-11H,6-7,12H2,1-5H3,(H,22,28)(H,23,24,26)/i1D3. The molecule has 0 aromatic carbocycles. The van der Waals surface area contributed by atoms with E-state index >= 15 is 0 Å². The van der Waals surface area contributed by atoms with Crippen LogP contribution in [-0.4, -0.2) is 54.4 Å². The number of carbonyl (C=O) groups is 1. The first-order chi connectivity index (χ1) is 15.9. The van der Waals surface area contributed by atoms with Crippen molar-refractivity contribution < 1.29 is 18.4 Å². The molecule has 0 aliphatic rings. The number of pyridine rings is 2. The molecule has 31 heavy (non-hydrogen) atoms. The lowest BCUT2D eigenvalue weighted by Gasteiger charge is -2.16. The quantitative estimate of drug-likeness (QED) is 0.280. The van der Waals surface area contributed by atoms with Crippen molar-refractivity contribution in [3.63, 3.8) is 0 Å². The summed E-state index contributed by atoms with van der Waals surface area (Å²) in [7, 11) is 0.272. The van der Waals surface area contributed by atoms with Gasteiger partial charge < -0.3 is 20.1 Å². The summed E-state index contributed by atoms with van der Waals surface area (Å²) >= 11 is 6.03. The molecule has 0 atom stereocenters. The van der Waals surface area contributed by atoms with Crippen LogP contribution in [0.1, 0.15) is 14.5 Å². The Morgan fingerprint density at radius 2 is 2.10 bits per heavy atom. The summed E-state index contributed by atoms with van der Waals surface area (Å²) in [6, 6.07) is 2.43. The number of carbonyl (C=O) groups excluding carboxylic acids is 1. The number of aromatic nitrogens is 4. The number of fused-ring (bicyclic) bond motifs is 1. The highest BCUT2D eigenvalue weighted by Gasteiger charge is 2.19. The maximum atomic E-state index is 12.5. The fourth-order valence-electron chi connectivity index (χ4n) is 2.87. The molecule has 0 saturated carbocycles. The number of anilines is 2. The average molecular weight is 466 g/mol. The summed E-state index contributed by atoms with van der Waals surface area (Å²) < 4.78 is 35.0.